The monoisotopic (exact) mass is 379 g/mol. The number of benzene rings is 2. The third-order valence-corrected chi connectivity index (χ3v) is 5.28. The highest BCUT2D eigenvalue weighted by molar-refractivity contribution is 5.89. The summed E-state index contributed by atoms with van der Waals surface area (Å²) in [5.41, 5.74) is 4.63. The molecule has 2 nitrogen and oxygen atoms in total. The molecule has 0 aliphatic carbocycles. The molecular weight excluding hydrogens is 342 g/mol. The summed E-state index contributed by atoms with van der Waals surface area (Å²) in [4.78, 5) is 4.85. The molecule has 152 valence electrons. The number of aryl methyl sites for hydroxylation is 1. The van der Waals surface area contributed by atoms with E-state index in [4.69, 9.17) is 9.73 Å². The van der Waals surface area contributed by atoms with Crippen LogP contribution in [0.15, 0.2) is 47.5 Å². The highest BCUT2D eigenvalue weighted by Crippen LogP contribution is 2.35. The summed E-state index contributed by atoms with van der Waals surface area (Å²) in [6.45, 7) is 13.1. The van der Waals surface area contributed by atoms with E-state index >= 15 is 0 Å². The SMILES string of the molecule is CCCCCC(C)N=Cc1cc(C)cc(-c2ccccc2)c1O[C@H](C)C(C)C. The lowest BCUT2D eigenvalue weighted by molar-refractivity contribution is 0.171. The summed E-state index contributed by atoms with van der Waals surface area (Å²) in [5.74, 6) is 1.39. The molecule has 0 amide bonds. The maximum Gasteiger partial charge on any atom is 0.136 e. The fourth-order valence-electron chi connectivity index (χ4n) is 3.15. The van der Waals surface area contributed by atoms with Gasteiger partial charge in [-0.25, -0.2) is 0 Å². The van der Waals surface area contributed by atoms with Gasteiger partial charge in [0.15, 0.2) is 0 Å². The van der Waals surface area contributed by atoms with E-state index in [0.717, 1.165) is 23.3 Å². The third-order valence-electron chi connectivity index (χ3n) is 5.28. The van der Waals surface area contributed by atoms with E-state index in [2.05, 4.69) is 84.0 Å². The van der Waals surface area contributed by atoms with Crippen LogP contribution in [0.25, 0.3) is 11.1 Å². The van der Waals surface area contributed by atoms with Crippen LogP contribution in [0, 0.1) is 12.8 Å². The van der Waals surface area contributed by atoms with Gasteiger partial charge in [0.05, 0.1) is 6.10 Å². The van der Waals surface area contributed by atoms with E-state index in [1.54, 1.807) is 0 Å². The van der Waals surface area contributed by atoms with Crippen molar-refractivity contribution in [3.8, 4) is 16.9 Å². The van der Waals surface area contributed by atoms with Crippen molar-refractivity contribution < 1.29 is 4.74 Å². The maximum atomic E-state index is 6.49. The lowest BCUT2D eigenvalue weighted by atomic mass is 9.98. The van der Waals surface area contributed by atoms with Gasteiger partial charge >= 0.3 is 0 Å². The highest BCUT2D eigenvalue weighted by atomic mass is 16.5. The Bertz CT molecular complexity index is 749. The van der Waals surface area contributed by atoms with Crippen molar-refractivity contribution >= 4 is 6.21 Å². The molecule has 2 rings (SSSR count). The highest BCUT2D eigenvalue weighted by Gasteiger charge is 2.17. The molecule has 0 saturated heterocycles. The summed E-state index contributed by atoms with van der Waals surface area (Å²) in [7, 11) is 0. The molecule has 2 heteroatoms. The van der Waals surface area contributed by atoms with Crippen LogP contribution < -0.4 is 4.74 Å². The third kappa shape index (κ3) is 6.51. The molecule has 0 N–H and O–H groups in total. The first-order valence-corrected chi connectivity index (χ1v) is 10.8. The van der Waals surface area contributed by atoms with Crippen LogP contribution in [0.3, 0.4) is 0 Å². The molecule has 2 atom stereocenters. The topological polar surface area (TPSA) is 21.6 Å². The first-order valence-electron chi connectivity index (χ1n) is 10.8. The van der Waals surface area contributed by atoms with Crippen LogP contribution in [-0.2, 0) is 0 Å². The van der Waals surface area contributed by atoms with Crippen molar-refractivity contribution in [2.24, 2.45) is 10.9 Å². The molecule has 0 fully saturated rings. The maximum absolute atomic E-state index is 6.49. The molecule has 1 unspecified atom stereocenters. The molecule has 2 aromatic carbocycles. The second kappa shape index (κ2) is 11.0. The summed E-state index contributed by atoms with van der Waals surface area (Å²) in [5, 5.41) is 0. The summed E-state index contributed by atoms with van der Waals surface area (Å²) < 4.78 is 6.49. The molecule has 0 bridgehead atoms. The van der Waals surface area contributed by atoms with E-state index in [9.17, 15) is 0 Å². The predicted octanol–water partition coefficient (Wildman–Crippen LogP) is 7.47. The summed E-state index contributed by atoms with van der Waals surface area (Å²) in [6, 6.07) is 15.3. The number of ether oxygens (including phenoxy) is 1. The molecule has 0 aliphatic heterocycles. The molecule has 0 radical (unpaired) electrons. The van der Waals surface area contributed by atoms with Gasteiger partial charge in [-0.3, -0.25) is 4.99 Å². The standard InChI is InChI=1S/C26H37NO/c1-7-8-10-13-21(5)27-18-24-16-20(4)17-25(23-14-11-9-12-15-23)26(24)28-22(6)19(2)3/h9,11-12,14-19,21-22H,7-8,10,13H2,1-6H3/t21?,22-/m1/s1. The quantitative estimate of drug-likeness (QED) is 0.310. The van der Waals surface area contributed by atoms with Gasteiger partial charge in [0.25, 0.3) is 0 Å². The zero-order chi connectivity index (χ0) is 20.5. The Hall–Kier alpha value is -2.09. The minimum absolute atomic E-state index is 0.138. The summed E-state index contributed by atoms with van der Waals surface area (Å²) in [6.07, 6.45) is 7.08. The Morgan fingerprint density at radius 1 is 1.00 bits per heavy atom. The average Bonchev–Trinajstić information content (AvgIpc) is 2.68. The Morgan fingerprint density at radius 3 is 2.36 bits per heavy atom. The van der Waals surface area contributed by atoms with Crippen LogP contribution in [0.2, 0.25) is 0 Å². The predicted molar refractivity (Wildman–Crippen MR) is 123 cm³/mol. The van der Waals surface area contributed by atoms with E-state index < -0.39 is 0 Å². The fraction of sp³-hybridized carbons (Fsp3) is 0.500. The van der Waals surface area contributed by atoms with Crippen molar-refractivity contribution in [1.82, 2.24) is 0 Å². The number of hydrogen-bond acceptors (Lipinski definition) is 2. The Labute approximate surface area is 172 Å². The van der Waals surface area contributed by atoms with Gasteiger partial charge in [0.2, 0.25) is 0 Å². The average molecular weight is 380 g/mol. The molecule has 0 aliphatic rings. The lowest BCUT2D eigenvalue weighted by Crippen LogP contribution is -2.20. The van der Waals surface area contributed by atoms with E-state index in [1.165, 1.54) is 30.4 Å². The zero-order valence-electron chi connectivity index (χ0n) is 18.5. The molecular formula is C26H37NO. The van der Waals surface area contributed by atoms with Crippen LogP contribution in [0.1, 0.15) is 71.4 Å². The summed E-state index contributed by atoms with van der Waals surface area (Å²) >= 11 is 0. The van der Waals surface area contributed by atoms with Crippen molar-refractivity contribution in [1.29, 1.82) is 0 Å². The molecule has 0 spiro atoms. The molecule has 0 saturated carbocycles. The molecule has 2 aromatic rings. The van der Waals surface area contributed by atoms with Crippen molar-refractivity contribution in [2.45, 2.75) is 79.4 Å². The van der Waals surface area contributed by atoms with Crippen molar-refractivity contribution in [3.05, 3.63) is 53.6 Å². The molecule has 0 heterocycles. The second-order valence-corrected chi connectivity index (χ2v) is 8.29. The van der Waals surface area contributed by atoms with Gasteiger partial charge < -0.3 is 4.74 Å². The Balaban J connectivity index is 2.41. The van der Waals surface area contributed by atoms with Crippen LogP contribution in [-0.4, -0.2) is 18.4 Å². The normalized spacial score (nSPS) is 13.8. The fourth-order valence-corrected chi connectivity index (χ4v) is 3.15. The zero-order valence-corrected chi connectivity index (χ0v) is 18.5. The van der Waals surface area contributed by atoms with Crippen molar-refractivity contribution in [2.75, 3.05) is 0 Å². The number of aliphatic imine (C=N–C) groups is 1. The van der Waals surface area contributed by atoms with E-state index in [-0.39, 0.29) is 6.10 Å². The smallest absolute Gasteiger partial charge is 0.136 e. The number of nitrogens with zero attached hydrogens (tertiary/aromatic N) is 1. The first-order chi connectivity index (χ1) is 13.4. The van der Waals surface area contributed by atoms with E-state index in [1.807, 2.05) is 6.21 Å². The number of rotatable bonds is 10. The van der Waals surface area contributed by atoms with Crippen molar-refractivity contribution in [3.63, 3.8) is 0 Å². The van der Waals surface area contributed by atoms with Gasteiger partial charge in [-0.05, 0) is 56.4 Å². The Kier molecular flexibility index (Phi) is 8.76. The molecule has 0 aromatic heterocycles. The van der Waals surface area contributed by atoms with Gasteiger partial charge in [-0.1, -0.05) is 70.4 Å². The van der Waals surface area contributed by atoms with E-state index in [0.29, 0.717) is 12.0 Å². The van der Waals surface area contributed by atoms with Gasteiger partial charge in [-0.15, -0.1) is 0 Å². The van der Waals surface area contributed by atoms with Crippen LogP contribution in [0.4, 0.5) is 0 Å². The first kappa shape index (κ1) is 22.2. The van der Waals surface area contributed by atoms with Gasteiger partial charge in [-0.2, -0.15) is 0 Å². The van der Waals surface area contributed by atoms with Gasteiger partial charge in [0.1, 0.15) is 5.75 Å². The largest absolute Gasteiger partial charge is 0.489 e. The van der Waals surface area contributed by atoms with Crippen LogP contribution in [0.5, 0.6) is 5.75 Å². The minimum Gasteiger partial charge on any atom is -0.489 e. The minimum atomic E-state index is 0.138. The van der Waals surface area contributed by atoms with Gasteiger partial charge in [0, 0.05) is 23.4 Å². The number of hydrogen-bond donors (Lipinski definition) is 0. The number of unbranched alkanes of at least 4 members (excludes halogenated alkanes) is 2. The lowest BCUT2D eigenvalue weighted by Gasteiger charge is -2.23. The Morgan fingerprint density at radius 2 is 1.71 bits per heavy atom. The van der Waals surface area contributed by atoms with Crippen LogP contribution >= 0.6 is 0 Å². The second-order valence-electron chi connectivity index (χ2n) is 8.29. The molecule has 28 heavy (non-hydrogen) atoms.